The molecule has 2 aromatic rings. The third-order valence-corrected chi connectivity index (χ3v) is 5.79. The first kappa shape index (κ1) is 16.7. The van der Waals surface area contributed by atoms with E-state index in [-0.39, 0.29) is 11.8 Å². The first-order chi connectivity index (χ1) is 11.6. The van der Waals surface area contributed by atoms with Gasteiger partial charge in [-0.3, -0.25) is 9.59 Å². The van der Waals surface area contributed by atoms with E-state index < -0.39 is 5.91 Å². The van der Waals surface area contributed by atoms with Crippen molar-refractivity contribution in [2.75, 3.05) is 5.32 Å². The maximum absolute atomic E-state index is 12.8. The highest BCUT2D eigenvalue weighted by Gasteiger charge is 2.27. The number of primary amides is 1. The third kappa shape index (κ3) is 3.22. The van der Waals surface area contributed by atoms with Crippen LogP contribution >= 0.6 is 11.3 Å². The average molecular weight is 342 g/mol. The summed E-state index contributed by atoms with van der Waals surface area (Å²) >= 11 is 1.51. The number of hydrogen-bond donors (Lipinski definition) is 2. The summed E-state index contributed by atoms with van der Waals surface area (Å²) in [7, 11) is 0. The number of carbonyl (C=O) groups excluding carboxylic acids is 2. The molecular weight excluding hydrogens is 320 g/mol. The van der Waals surface area contributed by atoms with Crippen LogP contribution in [0.25, 0.3) is 0 Å². The number of fused-ring (bicyclic) bond motifs is 1. The molecule has 1 unspecified atom stereocenters. The fourth-order valence-corrected chi connectivity index (χ4v) is 4.67. The van der Waals surface area contributed by atoms with E-state index >= 15 is 0 Å². The Morgan fingerprint density at radius 1 is 1.21 bits per heavy atom. The highest BCUT2D eigenvalue weighted by atomic mass is 32.1. The highest BCUT2D eigenvalue weighted by molar-refractivity contribution is 7.17. The van der Waals surface area contributed by atoms with Gasteiger partial charge in [-0.15, -0.1) is 11.3 Å². The molecule has 1 atom stereocenters. The van der Waals surface area contributed by atoms with Gasteiger partial charge in [0.15, 0.2) is 0 Å². The van der Waals surface area contributed by atoms with Gasteiger partial charge in [0, 0.05) is 4.88 Å². The lowest BCUT2D eigenvalue weighted by Crippen LogP contribution is -2.22. The Morgan fingerprint density at radius 2 is 1.92 bits per heavy atom. The van der Waals surface area contributed by atoms with E-state index in [9.17, 15) is 9.59 Å². The normalized spacial score (nSPS) is 14.7. The maximum Gasteiger partial charge on any atom is 0.251 e. The van der Waals surface area contributed by atoms with E-state index in [4.69, 9.17) is 5.73 Å². The van der Waals surface area contributed by atoms with E-state index in [1.54, 1.807) is 0 Å². The fourth-order valence-electron chi connectivity index (χ4n) is 3.37. The van der Waals surface area contributed by atoms with Gasteiger partial charge in [0.05, 0.1) is 11.5 Å². The molecule has 126 valence electrons. The molecule has 0 saturated heterocycles. The largest absolute Gasteiger partial charge is 0.365 e. The number of hydrogen-bond acceptors (Lipinski definition) is 3. The minimum Gasteiger partial charge on any atom is -0.365 e. The molecule has 4 nitrogen and oxygen atoms in total. The van der Waals surface area contributed by atoms with Crippen LogP contribution in [0.5, 0.6) is 0 Å². The lowest BCUT2D eigenvalue weighted by Gasteiger charge is -2.15. The van der Waals surface area contributed by atoms with Gasteiger partial charge in [-0.2, -0.15) is 0 Å². The number of amides is 2. The number of rotatable bonds is 5. The second-order valence-corrected chi connectivity index (χ2v) is 7.25. The molecule has 2 amide bonds. The van der Waals surface area contributed by atoms with Gasteiger partial charge < -0.3 is 11.1 Å². The van der Waals surface area contributed by atoms with Crippen LogP contribution in [-0.4, -0.2) is 11.8 Å². The van der Waals surface area contributed by atoms with Crippen molar-refractivity contribution in [3.05, 3.63) is 51.9 Å². The molecule has 1 aliphatic carbocycles. The zero-order chi connectivity index (χ0) is 17.1. The van der Waals surface area contributed by atoms with Gasteiger partial charge in [0.25, 0.3) is 5.91 Å². The Morgan fingerprint density at radius 3 is 2.58 bits per heavy atom. The lowest BCUT2D eigenvalue weighted by molar-refractivity contribution is -0.117. The number of anilines is 1. The van der Waals surface area contributed by atoms with Crippen molar-refractivity contribution < 1.29 is 9.59 Å². The van der Waals surface area contributed by atoms with Crippen molar-refractivity contribution in [1.29, 1.82) is 0 Å². The van der Waals surface area contributed by atoms with Crippen LogP contribution in [0, 0.1) is 0 Å². The zero-order valence-electron chi connectivity index (χ0n) is 13.8. The van der Waals surface area contributed by atoms with Crippen molar-refractivity contribution in [1.82, 2.24) is 0 Å². The van der Waals surface area contributed by atoms with Gasteiger partial charge in [0.2, 0.25) is 5.91 Å². The lowest BCUT2D eigenvalue weighted by atomic mass is 9.94. The predicted molar refractivity (Wildman–Crippen MR) is 97.6 cm³/mol. The van der Waals surface area contributed by atoms with Crippen LogP contribution in [0.1, 0.15) is 58.5 Å². The van der Waals surface area contributed by atoms with Crippen molar-refractivity contribution in [3.8, 4) is 0 Å². The van der Waals surface area contributed by atoms with Crippen LogP contribution in [0.4, 0.5) is 5.00 Å². The summed E-state index contributed by atoms with van der Waals surface area (Å²) in [6.45, 7) is 1.99. The van der Waals surface area contributed by atoms with Crippen LogP contribution in [0.15, 0.2) is 30.3 Å². The number of benzene rings is 1. The molecule has 3 rings (SSSR count). The quantitative estimate of drug-likeness (QED) is 0.866. The standard InChI is InChI=1S/C19H22N2O2S/c1-2-13(12-8-4-3-5-9-12)18(23)21-19-16(17(20)22)14-10-6-7-11-15(14)24-19/h3-5,8-9,13H,2,6-7,10-11H2,1H3,(H2,20,22)(H,21,23). The van der Waals surface area contributed by atoms with E-state index in [2.05, 4.69) is 5.32 Å². The molecule has 1 aromatic heterocycles. The average Bonchev–Trinajstić information content (AvgIpc) is 2.94. The molecule has 0 radical (unpaired) electrons. The molecule has 0 fully saturated rings. The van der Waals surface area contributed by atoms with Crippen LogP contribution in [0.3, 0.4) is 0 Å². The van der Waals surface area contributed by atoms with Gasteiger partial charge in [-0.05, 0) is 43.2 Å². The topological polar surface area (TPSA) is 72.2 Å². The van der Waals surface area contributed by atoms with Crippen molar-refractivity contribution >= 4 is 28.2 Å². The second kappa shape index (κ2) is 7.18. The molecule has 0 spiro atoms. The Bertz CT molecular complexity index is 752. The molecule has 24 heavy (non-hydrogen) atoms. The number of nitrogens with two attached hydrogens (primary N) is 1. The Labute approximate surface area is 146 Å². The number of carbonyl (C=O) groups is 2. The first-order valence-electron chi connectivity index (χ1n) is 8.42. The number of aryl methyl sites for hydroxylation is 1. The number of thiophene rings is 1. The van der Waals surface area contributed by atoms with Crippen LogP contribution < -0.4 is 11.1 Å². The molecule has 1 aliphatic rings. The third-order valence-electron chi connectivity index (χ3n) is 4.58. The van der Waals surface area contributed by atoms with E-state index in [1.807, 2.05) is 37.3 Å². The molecule has 0 bridgehead atoms. The molecule has 3 N–H and O–H groups in total. The summed E-state index contributed by atoms with van der Waals surface area (Å²) < 4.78 is 0. The summed E-state index contributed by atoms with van der Waals surface area (Å²) in [5.41, 5.74) is 8.14. The molecule has 0 saturated carbocycles. The van der Waals surface area contributed by atoms with E-state index in [1.165, 1.54) is 16.2 Å². The summed E-state index contributed by atoms with van der Waals surface area (Å²) in [6, 6.07) is 9.73. The summed E-state index contributed by atoms with van der Waals surface area (Å²) in [5, 5.41) is 3.60. The Balaban J connectivity index is 1.89. The summed E-state index contributed by atoms with van der Waals surface area (Å²) in [6.07, 6.45) is 4.73. The molecule has 5 heteroatoms. The van der Waals surface area contributed by atoms with E-state index in [0.717, 1.165) is 36.8 Å². The maximum atomic E-state index is 12.8. The monoisotopic (exact) mass is 342 g/mol. The Hall–Kier alpha value is -2.14. The van der Waals surface area contributed by atoms with Crippen molar-refractivity contribution in [2.45, 2.75) is 44.9 Å². The van der Waals surface area contributed by atoms with E-state index in [0.29, 0.717) is 17.0 Å². The first-order valence-corrected chi connectivity index (χ1v) is 9.23. The molecular formula is C19H22N2O2S. The summed E-state index contributed by atoms with van der Waals surface area (Å²) in [4.78, 5) is 25.9. The number of nitrogens with one attached hydrogen (secondary N) is 1. The molecule has 1 heterocycles. The van der Waals surface area contributed by atoms with Crippen LogP contribution in [0.2, 0.25) is 0 Å². The summed E-state index contributed by atoms with van der Waals surface area (Å²) in [5.74, 6) is -0.756. The zero-order valence-corrected chi connectivity index (χ0v) is 14.6. The molecule has 1 aromatic carbocycles. The van der Waals surface area contributed by atoms with Gasteiger partial charge in [-0.1, -0.05) is 37.3 Å². The van der Waals surface area contributed by atoms with Gasteiger partial charge >= 0.3 is 0 Å². The molecule has 0 aliphatic heterocycles. The second-order valence-electron chi connectivity index (χ2n) is 6.14. The predicted octanol–water partition coefficient (Wildman–Crippen LogP) is 3.86. The SMILES string of the molecule is CCC(C(=O)Nc1sc2c(c1C(N)=O)CCCC2)c1ccccc1. The minimum absolute atomic E-state index is 0.0789. The minimum atomic E-state index is -0.447. The highest BCUT2D eigenvalue weighted by Crippen LogP contribution is 2.38. The smallest absolute Gasteiger partial charge is 0.251 e. The van der Waals surface area contributed by atoms with Crippen molar-refractivity contribution in [3.63, 3.8) is 0 Å². The van der Waals surface area contributed by atoms with Crippen molar-refractivity contribution in [2.24, 2.45) is 5.73 Å². The Kier molecular flexibility index (Phi) is 5.00. The van der Waals surface area contributed by atoms with Gasteiger partial charge in [0.1, 0.15) is 5.00 Å². The fraction of sp³-hybridized carbons (Fsp3) is 0.368. The van der Waals surface area contributed by atoms with Gasteiger partial charge in [-0.25, -0.2) is 0 Å². The van der Waals surface area contributed by atoms with Crippen LogP contribution in [-0.2, 0) is 17.6 Å².